The van der Waals surface area contributed by atoms with Crippen LogP contribution in [0, 0.1) is 5.92 Å². The van der Waals surface area contributed by atoms with Crippen LogP contribution in [0.25, 0.3) is 0 Å². The Labute approximate surface area is 177 Å². The lowest BCUT2D eigenvalue weighted by atomic mass is 9.61. The Hall–Kier alpha value is -1.96. The highest BCUT2D eigenvalue weighted by Crippen LogP contribution is 2.49. The average Bonchev–Trinajstić information content (AvgIpc) is 2.73. The molecule has 1 aliphatic carbocycles. The van der Waals surface area contributed by atoms with Crippen molar-refractivity contribution in [2.45, 2.75) is 91.4 Å². The molecule has 2 aromatic carbocycles. The van der Waals surface area contributed by atoms with Crippen LogP contribution < -0.4 is 0 Å². The third-order valence-corrected chi connectivity index (χ3v) is 7.16. The van der Waals surface area contributed by atoms with Crippen molar-refractivity contribution in [2.24, 2.45) is 5.92 Å². The number of phenolic OH excluding ortho intramolecular Hbond substituents is 2. The fraction of sp³-hybridized carbons (Fsp3) is 0.556. The number of benzene rings is 2. The minimum Gasteiger partial charge on any atom is -0.507 e. The summed E-state index contributed by atoms with van der Waals surface area (Å²) < 4.78 is 0. The van der Waals surface area contributed by atoms with Gasteiger partial charge in [-0.1, -0.05) is 71.7 Å². The molecule has 1 fully saturated rings. The molecule has 1 aliphatic rings. The molecule has 1 saturated carbocycles. The van der Waals surface area contributed by atoms with Crippen molar-refractivity contribution in [3.8, 4) is 11.5 Å². The van der Waals surface area contributed by atoms with E-state index in [-0.39, 0.29) is 5.41 Å². The summed E-state index contributed by atoms with van der Waals surface area (Å²) in [4.78, 5) is 0. The van der Waals surface area contributed by atoms with Crippen LogP contribution in [0.2, 0.25) is 0 Å². The van der Waals surface area contributed by atoms with Crippen LogP contribution in [0.4, 0.5) is 0 Å². The van der Waals surface area contributed by atoms with Crippen molar-refractivity contribution in [1.82, 2.24) is 0 Å². The number of aryl methyl sites for hydroxylation is 4. The predicted octanol–water partition coefficient (Wildman–Crippen LogP) is 6.84. The third-order valence-electron chi connectivity index (χ3n) is 7.16. The van der Waals surface area contributed by atoms with Crippen molar-refractivity contribution in [3.05, 3.63) is 57.6 Å². The zero-order chi connectivity index (χ0) is 21.2. The van der Waals surface area contributed by atoms with Crippen LogP contribution >= 0.6 is 0 Å². The lowest BCUT2D eigenvalue weighted by Gasteiger charge is -2.42. The van der Waals surface area contributed by atoms with E-state index in [0.29, 0.717) is 17.4 Å². The second kappa shape index (κ2) is 8.81. The number of aromatic hydroxyl groups is 2. The van der Waals surface area contributed by atoms with Gasteiger partial charge in [0.1, 0.15) is 11.5 Å². The predicted molar refractivity (Wildman–Crippen MR) is 122 cm³/mol. The Morgan fingerprint density at radius 3 is 1.45 bits per heavy atom. The van der Waals surface area contributed by atoms with E-state index in [2.05, 4.69) is 58.9 Å². The summed E-state index contributed by atoms with van der Waals surface area (Å²) >= 11 is 0. The van der Waals surface area contributed by atoms with Gasteiger partial charge in [-0.05, 0) is 77.8 Å². The number of phenols is 2. The Kier molecular flexibility index (Phi) is 6.61. The Balaban J connectivity index is 2.29. The van der Waals surface area contributed by atoms with Gasteiger partial charge in [-0.25, -0.2) is 0 Å². The summed E-state index contributed by atoms with van der Waals surface area (Å²) in [5.74, 6) is 1.62. The molecule has 1 unspecified atom stereocenters. The number of hydrogen-bond donors (Lipinski definition) is 2. The summed E-state index contributed by atoms with van der Waals surface area (Å²) in [5.41, 5.74) is 6.89. The first kappa shape index (κ1) is 21.7. The lowest BCUT2D eigenvalue weighted by Crippen LogP contribution is -2.34. The molecule has 0 aliphatic heterocycles. The molecule has 2 nitrogen and oxygen atoms in total. The van der Waals surface area contributed by atoms with E-state index >= 15 is 0 Å². The Morgan fingerprint density at radius 1 is 0.759 bits per heavy atom. The van der Waals surface area contributed by atoms with Crippen LogP contribution in [0.5, 0.6) is 11.5 Å². The van der Waals surface area contributed by atoms with E-state index < -0.39 is 0 Å². The highest BCUT2D eigenvalue weighted by atomic mass is 16.3. The molecule has 0 bridgehead atoms. The van der Waals surface area contributed by atoms with E-state index in [4.69, 9.17) is 0 Å². The molecule has 3 rings (SSSR count). The smallest absolute Gasteiger partial charge is 0.121 e. The van der Waals surface area contributed by atoms with E-state index in [9.17, 15) is 10.2 Å². The molecular weight excluding hydrogens is 356 g/mol. The second-order valence-corrected chi connectivity index (χ2v) is 8.98. The Bertz CT molecular complexity index is 753. The first-order chi connectivity index (χ1) is 13.9. The van der Waals surface area contributed by atoms with Crippen molar-refractivity contribution in [1.29, 1.82) is 0 Å². The summed E-state index contributed by atoms with van der Waals surface area (Å²) in [7, 11) is 0. The molecular formula is C27H38O2. The first-order valence-electron chi connectivity index (χ1n) is 11.6. The topological polar surface area (TPSA) is 40.5 Å². The molecule has 0 spiro atoms. The fourth-order valence-electron chi connectivity index (χ4n) is 5.39. The number of hydrogen-bond acceptors (Lipinski definition) is 2. The molecule has 2 aromatic rings. The molecule has 0 saturated heterocycles. The second-order valence-electron chi connectivity index (χ2n) is 8.98. The van der Waals surface area contributed by atoms with Crippen LogP contribution in [0.15, 0.2) is 24.3 Å². The maximum absolute atomic E-state index is 10.7. The van der Waals surface area contributed by atoms with Gasteiger partial charge in [-0.15, -0.1) is 0 Å². The summed E-state index contributed by atoms with van der Waals surface area (Å²) in [5, 5.41) is 21.4. The monoisotopic (exact) mass is 394 g/mol. The van der Waals surface area contributed by atoms with Crippen LogP contribution in [0.1, 0.15) is 93.7 Å². The lowest BCUT2D eigenvalue weighted by molar-refractivity contribution is 0.271. The summed E-state index contributed by atoms with van der Waals surface area (Å²) in [6.07, 6.45) is 8.12. The fourth-order valence-corrected chi connectivity index (χ4v) is 5.39. The molecule has 0 amide bonds. The molecule has 2 N–H and O–H groups in total. The Morgan fingerprint density at radius 2 is 1.14 bits per heavy atom. The van der Waals surface area contributed by atoms with Gasteiger partial charge in [0.05, 0.1) is 0 Å². The summed E-state index contributed by atoms with van der Waals surface area (Å²) in [6.45, 7) is 10.9. The number of rotatable bonds is 6. The minimum absolute atomic E-state index is 0.0409. The zero-order valence-corrected chi connectivity index (χ0v) is 18.9. The molecule has 158 valence electrons. The van der Waals surface area contributed by atoms with E-state index in [1.165, 1.54) is 24.0 Å². The van der Waals surface area contributed by atoms with Gasteiger partial charge >= 0.3 is 0 Å². The molecule has 0 radical (unpaired) electrons. The average molecular weight is 395 g/mol. The first-order valence-corrected chi connectivity index (χ1v) is 11.6. The van der Waals surface area contributed by atoms with Crippen molar-refractivity contribution in [2.75, 3.05) is 0 Å². The molecule has 29 heavy (non-hydrogen) atoms. The highest BCUT2D eigenvalue weighted by molar-refractivity contribution is 5.53. The quantitative estimate of drug-likeness (QED) is 0.563. The normalized spacial score (nSPS) is 18.7. The molecule has 2 heteroatoms. The molecule has 1 atom stereocenters. The molecule has 0 aromatic heterocycles. The van der Waals surface area contributed by atoms with Gasteiger partial charge in [-0.3, -0.25) is 0 Å². The zero-order valence-electron chi connectivity index (χ0n) is 18.9. The van der Waals surface area contributed by atoms with Gasteiger partial charge in [0, 0.05) is 5.41 Å². The third kappa shape index (κ3) is 3.91. The van der Waals surface area contributed by atoms with Crippen LogP contribution in [-0.2, 0) is 31.1 Å². The summed E-state index contributed by atoms with van der Waals surface area (Å²) in [6, 6.07) is 9.04. The van der Waals surface area contributed by atoms with E-state index in [1.54, 1.807) is 0 Å². The van der Waals surface area contributed by atoms with Crippen molar-refractivity contribution < 1.29 is 10.2 Å². The van der Waals surface area contributed by atoms with Gasteiger partial charge in [0.25, 0.3) is 0 Å². The van der Waals surface area contributed by atoms with Crippen molar-refractivity contribution >= 4 is 0 Å². The largest absolute Gasteiger partial charge is 0.507 e. The van der Waals surface area contributed by atoms with Gasteiger partial charge in [-0.2, -0.15) is 0 Å². The van der Waals surface area contributed by atoms with Crippen LogP contribution in [0.3, 0.4) is 0 Å². The van der Waals surface area contributed by atoms with Crippen molar-refractivity contribution in [3.63, 3.8) is 0 Å². The molecule has 0 heterocycles. The van der Waals surface area contributed by atoms with Crippen LogP contribution in [-0.4, -0.2) is 10.2 Å². The maximum atomic E-state index is 10.7. The maximum Gasteiger partial charge on any atom is 0.121 e. The van der Waals surface area contributed by atoms with Gasteiger partial charge < -0.3 is 10.2 Å². The SMILES string of the molecule is CCc1cc(C2(c3cc(CC)c(O)c(CC)c3)CCCC(C)C2)cc(CC)c1O. The highest BCUT2D eigenvalue weighted by Gasteiger charge is 2.39. The van der Waals surface area contributed by atoms with Gasteiger partial charge in [0.15, 0.2) is 0 Å². The van der Waals surface area contributed by atoms with E-state index in [0.717, 1.165) is 60.8 Å². The standard InChI is InChI=1S/C27H38O2/c1-6-19-13-23(14-20(7-2)25(19)28)27(12-10-11-18(5)17-27)24-15-21(8-3)26(29)22(9-4)16-24/h13-16,18,28-29H,6-12,17H2,1-5H3. The van der Waals surface area contributed by atoms with Gasteiger partial charge in [0.2, 0.25) is 0 Å². The van der Waals surface area contributed by atoms with E-state index in [1.807, 2.05) is 0 Å². The minimum atomic E-state index is -0.0409.